The van der Waals surface area contributed by atoms with Crippen LogP contribution in [-0.2, 0) is 4.79 Å². The summed E-state index contributed by atoms with van der Waals surface area (Å²) in [6.07, 6.45) is 0. The number of hydrogen-bond donors (Lipinski definition) is 1. The Labute approximate surface area is 114 Å². The Balaban J connectivity index is 2.44. The minimum absolute atomic E-state index is 0.0469. The van der Waals surface area contributed by atoms with E-state index in [1.165, 1.54) is 18.1 Å². The third-order valence-corrected chi connectivity index (χ3v) is 3.08. The van der Waals surface area contributed by atoms with Gasteiger partial charge >= 0.3 is 0 Å². The second-order valence-electron chi connectivity index (χ2n) is 5.00. The molecule has 0 unspecified atom stereocenters. The van der Waals surface area contributed by atoms with Gasteiger partial charge in [0.2, 0.25) is 5.91 Å². The van der Waals surface area contributed by atoms with Crippen LogP contribution in [0.5, 0.6) is 0 Å². The number of carbonyl (C=O) groups excluding carboxylic acids is 1. The number of nitrogens with one attached hydrogen (secondary N) is 1. The maximum Gasteiger partial charge on any atom is 0.221 e. The highest BCUT2D eigenvalue weighted by Crippen LogP contribution is 2.30. The molecule has 0 bridgehead atoms. The Morgan fingerprint density at radius 2 is 1.79 bits per heavy atom. The number of benzene rings is 2. The summed E-state index contributed by atoms with van der Waals surface area (Å²) in [6, 6.07) is 16.4. The molecule has 0 atom stereocenters. The van der Waals surface area contributed by atoms with Gasteiger partial charge in [-0.2, -0.15) is 0 Å². The van der Waals surface area contributed by atoms with Crippen LogP contribution in [0.15, 0.2) is 48.5 Å². The van der Waals surface area contributed by atoms with Crippen LogP contribution in [0.3, 0.4) is 0 Å². The van der Waals surface area contributed by atoms with Gasteiger partial charge in [-0.25, -0.2) is 0 Å². The molecule has 2 rings (SSSR count). The first-order chi connectivity index (χ1) is 9.08. The van der Waals surface area contributed by atoms with E-state index in [1.54, 1.807) is 0 Å². The summed E-state index contributed by atoms with van der Waals surface area (Å²) in [5, 5.41) is 2.82. The van der Waals surface area contributed by atoms with Gasteiger partial charge in [-0.05, 0) is 34.7 Å². The highest BCUT2D eigenvalue weighted by atomic mass is 16.1. The topological polar surface area (TPSA) is 29.1 Å². The molecular weight excluding hydrogens is 234 g/mol. The van der Waals surface area contributed by atoms with E-state index in [9.17, 15) is 4.79 Å². The van der Waals surface area contributed by atoms with Crippen LogP contribution in [0, 0.1) is 0 Å². The van der Waals surface area contributed by atoms with Crippen molar-refractivity contribution in [2.24, 2.45) is 0 Å². The molecule has 0 fully saturated rings. The molecule has 2 nitrogen and oxygen atoms in total. The summed E-state index contributed by atoms with van der Waals surface area (Å²) in [6.45, 7) is 5.90. The van der Waals surface area contributed by atoms with Crippen LogP contribution >= 0.6 is 0 Å². The lowest BCUT2D eigenvalue weighted by atomic mass is 9.92. The highest BCUT2D eigenvalue weighted by Gasteiger charge is 2.08. The van der Waals surface area contributed by atoms with E-state index in [4.69, 9.17) is 0 Å². The summed E-state index contributed by atoms with van der Waals surface area (Å²) >= 11 is 0. The van der Waals surface area contributed by atoms with Gasteiger partial charge in [0.25, 0.3) is 0 Å². The van der Waals surface area contributed by atoms with Gasteiger partial charge in [-0.15, -0.1) is 0 Å². The van der Waals surface area contributed by atoms with Crippen molar-refractivity contribution in [1.82, 2.24) is 0 Å². The van der Waals surface area contributed by atoms with E-state index in [0.29, 0.717) is 5.92 Å². The third-order valence-electron chi connectivity index (χ3n) is 3.08. The zero-order valence-electron chi connectivity index (χ0n) is 11.6. The van der Waals surface area contributed by atoms with Crippen LogP contribution in [0.2, 0.25) is 0 Å². The van der Waals surface area contributed by atoms with Crippen molar-refractivity contribution < 1.29 is 4.79 Å². The van der Waals surface area contributed by atoms with Crippen molar-refractivity contribution in [2.45, 2.75) is 26.7 Å². The fourth-order valence-electron chi connectivity index (χ4n) is 2.23. The average molecular weight is 253 g/mol. The van der Waals surface area contributed by atoms with Gasteiger partial charge in [0.15, 0.2) is 0 Å². The van der Waals surface area contributed by atoms with E-state index in [2.05, 4.69) is 43.4 Å². The van der Waals surface area contributed by atoms with Crippen molar-refractivity contribution in [3.8, 4) is 11.1 Å². The number of rotatable bonds is 3. The lowest BCUT2D eigenvalue weighted by molar-refractivity contribution is -0.114. The molecule has 0 aliphatic carbocycles. The second-order valence-corrected chi connectivity index (χ2v) is 5.00. The monoisotopic (exact) mass is 253 g/mol. The second kappa shape index (κ2) is 5.70. The van der Waals surface area contributed by atoms with Crippen LogP contribution in [0.25, 0.3) is 11.1 Å². The molecule has 98 valence electrons. The van der Waals surface area contributed by atoms with E-state index in [1.807, 2.05) is 24.3 Å². The molecule has 0 radical (unpaired) electrons. The minimum Gasteiger partial charge on any atom is -0.326 e. The van der Waals surface area contributed by atoms with Crippen LogP contribution in [0.4, 0.5) is 5.69 Å². The standard InChI is InChI=1S/C17H19NO/c1-12(2)16-9-4-5-10-17(16)14-7-6-8-15(11-14)18-13(3)19/h4-12H,1-3H3,(H,18,19). The summed E-state index contributed by atoms with van der Waals surface area (Å²) < 4.78 is 0. The normalized spacial score (nSPS) is 10.5. The van der Waals surface area contributed by atoms with E-state index in [-0.39, 0.29) is 5.91 Å². The number of carbonyl (C=O) groups is 1. The number of hydrogen-bond acceptors (Lipinski definition) is 1. The van der Waals surface area contributed by atoms with E-state index >= 15 is 0 Å². The van der Waals surface area contributed by atoms with E-state index < -0.39 is 0 Å². The molecule has 2 heteroatoms. The van der Waals surface area contributed by atoms with Gasteiger partial charge < -0.3 is 5.32 Å². The molecule has 0 aromatic heterocycles. The SMILES string of the molecule is CC(=O)Nc1cccc(-c2ccccc2C(C)C)c1. The predicted molar refractivity (Wildman–Crippen MR) is 80.3 cm³/mol. The fraction of sp³-hybridized carbons (Fsp3) is 0.235. The van der Waals surface area contributed by atoms with E-state index in [0.717, 1.165) is 11.3 Å². The van der Waals surface area contributed by atoms with Gasteiger partial charge in [0.05, 0.1) is 0 Å². The fourth-order valence-corrected chi connectivity index (χ4v) is 2.23. The van der Waals surface area contributed by atoms with Gasteiger partial charge in [-0.3, -0.25) is 4.79 Å². The quantitative estimate of drug-likeness (QED) is 0.861. The maximum atomic E-state index is 11.1. The Morgan fingerprint density at radius 1 is 1.05 bits per heavy atom. The smallest absolute Gasteiger partial charge is 0.221 e. The lowest BCUT2D eigenvalue weighted by Crippen LogP contribution is -2.05. The number of anilines is 1. The van der Waals surface area contributed by atoms with Crippen molar-refractivity contribution in [2.75, 3.05) is 5.32 Å². The Hall–Kier alpha value is -2.09. The van der Waals surface area contributed by atoms with Crippen molar-refractivity contribution in [1.29, 1.82) is 0 Å². The lowest BCUT2D eigenvalue weighted by Gasteiger charge is -2.13. The molecule has 0 saturated heterocycles. The van der Waals surface area contributed by atoms with Crippen LogP contribution in [-0.4, -0.2) is 5.91 Å². The van der Waals surface area contributed by atoms with Crippen molar-refractivity contribution >= 4 is 11.6 Å². The first kappa shape index (κ1) is 13.3. The maximum absolute atomic E-state index is 11.1. The summed E-state index contributed by atoms with van der Waals surface area (Å²) in [4.78, 5) is 11.1. The summed E-state index contributed by atoms with van der Waals surface area (Å²) in [5.41, 5.74) is 4.52. The Bertz CT molecular complexity index is 587. The molecule has 1 amide bonds. The first-order valence-corrected chi connectivity index (χ1v) is 6.55. The van der Waals surface area contributed by atoms with Gasteiger partial charge in [-0.1, -0.05) is 50.2 Å². The summed E-state index contributed by atoms with van der Waals surface area (Å²) in [5.74, 6) is 0.426. The predicted octanol–water partition coefficient (Wildman–Crippen LogP) is 4.44. The molecule has 0 aliphatic heterocycles. The molecule has 2 aromatic rings. The third kappa shape index (κ3) is 3.22. The first-order valence-electron chi connectivity index (χ1n) is 6.55. The molecule has 1 N–H and O–H groups in total. The average Bonchev–Trinajstić information content (AvgIpc) is 2.38. The molecular formula is C17H19NO. The largest absolute Gasteiger partial charge is 0.326 e. The molecule has 0 saturated carbocycles. The molecule has 0 heterocycles. The Kier molecular flexibility index (Phi) is 4.00. The van der Waals surface area contributed by atoms with Crippen LogP contribution < -0.4 is 5.32 Å². The van der Waals surface area contributed by atoms with Gasteiger partial charge in [0.1, 0.15) is 0 Å². The Morgan fingerprint density at radius 3 is 2.47 bits per heavy atom. The number of amides is 1. The zero-order valence-corrected chi connectivity index (χ0v) is 11.6. The summed E-state index contributed by atoms with van der Waals surface area (Å²) in [7, 11) is 0. The minimum atomic E-state index is -0.0469. The van der Waals surface area contributed by atoms with Crippen LogP contribution in [0.1, 0.15) is 32.3 Å². The molecule has 0 spiro atoms. The highest BCUT2D eigenvalue weighted by molar-refractivity contribution is 5.89. The van der Waals surface area contributed by atoms with Crippen molar-refractivity contribution in [3.05, 3.63) is 54.1 Å². The molecule has 19 heavy (non-hydrogen) atoms. The zero-order chi connectivity index (χ0) is 13.8. The molecule has 0 aliphatic rings. The molecule has 2 aromatic carbocycles. The van der Waals surface area contributed by atoms with Crippen molar-refractivity contribution in [3.63, 3.8) is 0 Å². The van der Waals surface area contributed by atoms with Gasteiger partial charge in [0, 0.05) is 12.6 Å².